The first-order valence-corrected chi connectivity index (χ1v) is 7.15. The van der Waals surface area contributed by atoms with E-state index in [4.69, 9.17) is 16.7 Å². The Morgan fingerprint density at radius 3 is 2.86 bits per heavy atom. The molecule has 0 fully saturated rings. The zero-order valence-corrected chi connectivity index (χ0v) is 12.9. The number of aliphatic hydroxyl groups excluding tert-OH is 1. The third-order valence-corrected chi connectivity index (χ3v) is 3.53. The number of benzene rings is 1. The Bertz CT molecular complexity index is 685. The van der Waals surface area contributed by atoms with Gasteiger partial charge in [0.1, 0.15) is 11.5 Å². The molecule has 1 unspecified atom stereocenters. The molecule has 1 atom stereocenters. The lowest BCUT2D eigenvalue weighted by Crippen LogP contribution is -2.37. The van der Waals surface area contributed by atoms with Gasteiger partial charge < -0.3 is 10.4 Å². The van der Waals surface area contributed by atoms with Gasteiger partial charge in [-0.15, -0.1) is 5.10 Å². The molecule has 1 aromatic carbocycles. The van der Waals surface area contributed by atoms with Crippen LogP contribution in [-0.2, 0) is 0 Å². The molecule has 6 nitrogen and oxygen atoms in total. The van der Waals surface area contributed by atoms with Gasteiger partial charge in [0, 0.05) is 5.02 Å². The van der Waals surface area contributed by atoms with Crippen molar-refractivity contribution in [1.82, 2.24) is 20.3 Å². The molecule has 1 heterocycles. The van der Waals surface area contributed by atoms with E-state index in [1.165, 1.54) is 16.8 Å². The number of nitrogens with zero attached hydrogens (tertiary/aromatic N) is 3. The molecule has 1 amide bonds. The largest absolute Gasteiger partial charge is 0.394 e. The Morgan fingerprint density at radius 1 is 1.55 bits per heavy atom. The van der Waals surface area contributed by atoms with E-state index in [2.05, 4.69) is 15.6 Å². The van der Waals surface area contributed by atoms with Gasteiger partial charge >= 0.3 is 0 Å². The average Bonchev–Trinajstić information content (AvgIpc) is 2.86. The standard InChI is InChI=1S/C14H16ClFN4O2/c1-3-10(7-21)17-14(22)13-8(2)20(19-18-13)12-5-4-9(15)6-11(12)16/h4-6,10,21H,3,7H2,1-2H3,(H,17,22). The van der Waals surface area contributed by atoms with Gasteiger partial charge in [0.05, 0.1) is 18.3 Å². The van der Waals surface area contributed by atoms with Gasteiger partial charge in [0.2, 0.25) is 0 Å². The zero-order chi connectivity index (χ0) is 16.3. The molecule has 0 saturated heterocycles. The van der Waals surface area contributed by atoms with Crippen LogP contribution in [0.5, 0.6) is 0 Å². The highest BCUT2D eigenvalue weighted by Gasteiger charge is 2.20. The molecule has 0 spiro atoms. The van der Waals surface area contributed by atoms with Gasteiger partial charge in [-0.05, 0) is 31.5 Å². The first-order valence-electron chi connectivity index (χ1n) is 6.77. The molecule has 0 aliphatic rings. The predicted molar refractivity (Wildman–Crippen MR) is 79.7 cm³/mol. The summed E-state index contributed by atoms with van der Waals surface area (Å²) in [6.45, 7) is 3.29. The number of carbonyl (C=O) groups excluding carboxylic acids is 1. The molecule has 0 aliphatic carbocycles. The maximum Gasteiger partial charge on any atom is 0.274 e. The fourth-order valence-corrected chi connectivity index (χ4v) is 2.11. The van der Waals surface area contributed by atoms with E-state index >= 15 is 0 Å². The van der Waals surface area contributed by atoms with Crippen molar-refractivity contribution < 1.29 is 14.3 Å². The summed E-state index contributed by atoms with van der Waals surface area (Å²) >= 11 is 5.72. The molecule has 118 valence electrons. The molecule has 2 rings (SSSR count). The van der Waals surface area contributed by atoms with Crippen LogP contribution >= 0.6 is 11.6 Å². The van der Waals surface area contributed by atoms with Crippen LogP contribution in [0.15, 0.2) is 18.2 Å². The molecule has 2 N–H and O–H groups in total. The number of aromatic nitrogens is 3. The monoisotopic (exact) mass is 326 g/mol. The molecule has 2 aromatic rings. The second-order valence-electron chi connectivity index (χ2n) is 4.79. The van der Waals surface area contributed by atoms with E-state index in [0.717, 1.165) is 6.07 Å². The summed E-state index contributed by atoms with van der Waals surface area (Å²) in [6, 6.07) is 3.80. The van der Waals surface area contributed by atoms with Gasteiger partial charge in [-0.3, -0.25) is 4.79 Å². The molecular formula is C14H16ClFN4O2. The first-order chi connectivity index (χ1) is 10.5. The van der Waals surface area contributed by atoms with Gasteiger partial charge in [-0.1, -0.05) is 23.7 Å². The van der Waals surface area contributed by atoms with Crippen molar-refractivity contribution in [3.05, 3.63) is 40.4 Å². The third-order valence-electron chi connectivity index (χ3n) is 3.30. The molecule has 0 saturated carbocycles. The van der Waals surface area contributed by atoms with Crippen LogP contribution in [0.25, 0.3) is 5.69 Å². The van der Waals surface area contributed by atoms with E-state index < -0.39 is 11.7 Å². The molecular weight excluding hydrogens is 311 g/mol. The molecule has 0 bridgehead atoms. The summed E-state index contributed by atoms with van der Waals surface area (Å²) in [6.07, 6.45) is 0.585. The number of aliphatic hydroxyl groups is 1. The number of rotatable bonds is 5. The Hall–Kier alpha value is -1.99. The smallest absolute Gasteiger partial charge is 0.274 e. The molecule has 0 aliphatic heterocycles. The van der Waals surface area contributed by atoms with E-state index in [1.807, 2.05) is 6.92 Å². The van der Waals surface area contributed by atoms with Crippen molar-refractivity contribution in [3.63, 3.8) is 0 Å². The van der Waals surface area contributed by atoms with Crippen LogP contribution in [-0.4, -0.2) is 38.7 Å². The third kappa shape index (κ3) is 3.26. The molecule has 1 aromatic heterocycles. The highest BCUT2D eigenvalue weighted by molar-refractivity contribution is 6.30. The van der Waals surface area contributed by atoms with Crippen LogP contribution in [0, 0.1) is 12.7 Å². The van der Waals surface area contributed by atoms with Gasteiger partial charge in [0.15, 0.2) is 5.69 Å². The fourth-order valence-electron chi connectivity index (χ4n) is 1.95. The van der Waals surface area contributed by atoms with Crippen LogP contribution in [0.2, 0.25) is 5.02 Å². The minimum Gasteiger partial charge on any atom is -0.394 e. The predicted octanol–water partition coefficient (Wildman–Crippen LogP) is 1.87. The SMILES string of the molecule is CCC(CO)NC(=O)c1nnn(-c2ccc(Cl)cc2F)c1C. The van der Waals surface area contributed by atoms with Crippen LogP contribution < -0.4 is 5.32 Å². The average molecular weight is 327 g/mol. The summed E-state index contributed by atoms with van der Waals surface area (Å²) in [4.78, 5) is 12.1. The van der Waals surface area contributed by atoms with Crippen molar-refractivity contribution >= 4 is 17.5 Å². The van der Waals surface area contributed by atoms with Crippen molar-refractivity contribution in [2.75, 3.05) is 6.61 Å². The number of hydrogen-bond acceptors (Lipinski definition) is 4. The van der Waals surface area contributed by atoms with Crippen LogP contribution in [0.1, 0.15) is 29.5 Å². The van der Waals surface area contributed by atoms with Crippen molar-refractivity contribution in [1.29, 1.82) is 0 Å². The Morgan fingerprint density at radius 2 is 2.27 bits per heavy atom. The number of amides is 1. The summed E-state index contributed by atoms with van der Waals surface area (Å²) in [5.41, 5.74) is 0.635. The number of hydrogen-bond donors (Lipinski definition) is 2. The minimum absolute atomic E-state index is 0.0845. The highest BCUT2D eigenvalue weighted by atomic mass is 35.5. The maximum atomic E-state index is 13.9. The lowest BCUT2D eigenvalue weighted by atomic mass is 10.2. The first kappa shape index (κ1) is 16.4. The second-order valence-corrected chi connectivity index (χ2v) is 5.23. The summed E-state index contributed by atoms with van der Waals surface area (Å²) < 4.78 is 15.2. The van der Waals surface area contributed by atoms with Gasteiger partial charge in [0.25, 0.3) is 5.91 Å². The highest BCUT2D eigenvalue weighted by Crippen LogP contribution is 2.19. The van der Waals surface area contributed by atoms with Crippen LogP contribution in [0.3, 0.4) is 0 Å². The number of carbonyl (C=O) groups is 1. The second kappa shape index (κ2) is 6.85. The van der Waals surface area contributed by atoms with Crippen molar-refractivity contribution in [2.24, 2.45) is 0 Å². The lowest BCUT2D eigenvalue weighted by molar-refractivity contribution is 0.0909. The summed E-state index contributed by atoms with van der Waals surface area (Å²) in [7, 11) is 0. The minimum atomic E-state index is -0.561. The van der Waals surface area contributed by atoms with E-state index in [9.17, 15) is 9.18 Å². The fraction of sp³-hybridized carbons (Fsp3) is 0.357. The van der Waals surface area contributed by atoms with Crippen molar-refractivity contribution in [3.8, 4) is 5.69 Å². The normalized spacial score (nSPS) is 12.2. The topological polar surface area (TPSA) is 80.0 Å². The van der Waals surface area contributed by atoms with Crippen LogP contribution in [0.4, 0.5) is 4.39 Å². The van der Waals surface area contributed by atoms with E-state index in [0.29, 0.717) is 12.1 Å². The zero-order valence-electron chi connectivity index (χ0n) is 12.2. The Balaban J connectivity index is 2.31. The number of nitrogens with one attached hydrogen (secondary N) is 1. The molecule has 22 heavy (non-hydrogen) atoms. The lowest BCUT2D eigenvalue weighted by Gasteiger charge is -2.13. The number of halogens is 2. The molecule has 8 heteroatoms. The van der Waals surface area contributed by atoms with E-state index in [-0.39, 0.29) is 29.1 Å². The Kier molecular flexibility index (Phi) is 5.10. The Labute approximate surface area is 131 Å². The van der Waals surface area contributed by atoms with Gasteiger partial charge in [-0.2, -0.15) is 0 Å². The van der Waals surface area contributed by atoms with E-state index in [1.54, 1.807) is 6.92 Å². The van der Waals surface area contributed by atoms with Crippen molar-refractivity contribution in [2.45, 2.75) is 26.3 Å². The summed E-state index contributed by atoms with van der Waals surface area (Å²) in [5, 5.41) is 19.6. The maximum absolute atomic E-state index is 13.9. The van der Waals surface area contributed by atoms with Gasteiger partial charge in [-0.25, -0.2) is 9.07 Å². The quantitative estimate of drug-likeness (QED) is 0.879. The molecule has 0 radical (unpaired) electrons. The summed E-state index contributed by atoms with van der Waals surface area (Å²) in [5.74, 6) is -1.02.